The van der Waals surface area contributed by atoms with E-state index < -0.39 is 67.4 Å². The van der Waals surface area contributed by atoms with Gasteiger partial charge in [0, 0.05) is 6.42 Å². The average Bonchev–Trinajstić information content (AvgIpc) is 3.37. The van der Waals surface area contributed by atoms with Gasteiger partial charge in [0.15, 0.2) is 12.4 Å². The maximum Gasteiger partial charge on any atom is 0.306 e. The van der Waals surface area contributed by atoms with Crippen molar-refractivity contribution in [3.05, 3.63) is 109 Å². The molecule has 1 saturated heterocycles. The first-order valence-corrected chi connectivity index (χ1v) is 27.7. The topological polar surface area (TPSA) is 175 Å². The Bertz CT molecular complexity index is 1560. The fourth-order valence-electron chi connectivity index (χ4n) is 7.86. The number of aliphatic hydroxyl groups is 5. The molecule has 1 amide bonds. The van der Waals surface area contributed by atoms with Crippen LogP contribution in [0.25, 0.3) is 0 Å². The third-order valence-electron chi connectivity index (χ3n) is 12.3. The van der Waals surface area contributed by atoms with Crippen LogP contribution >= 0.6 is 0 Å². The molecule has 11 heteroatoms. The van der Waals surface area contributed by atoms with Crippen LogP contribution in [0.5, 0.6) is 0 Å². The minimum Gasteiger partial charge on any atom is -0.454 e. The molecule has 11 nitrogen and oxygen atoms in total. The van der Waals surface area contributed by atoms with E-state index in [1.165, 1.54) is 70.6 Å². The van der Waals surface area contributed by atoms with Gasteiger partial charge in [-0.15, -0.1) is 0 Å². The summed E-state index contributed by atoms with van der Waals surface area (Å²) in [4.78, 5) is 26.4. The summed E-state index contributed by atoms with van der Waals surface area (Å²) in [5.41, 5.74) is 0. The number of esters is 1. The van der Waals surface area contributed by atoms with Gasteiger partial charge in [-0.3, -0.25) is 9.59 Å². The number of allylic oxidation sites excluding steroid dienone is 17. The second kappa shape index (κ2) is 47.3. The van der Waals surface area contributed by atoms with E-state index in [1.54, 1.807) is 6.08 Å². The van der Waals surface area contributed by atoms with Crippen LogP contribution in [-0.4, -0.2) is 99.6 Å². The minimum absolute atomic E-state index is 0.0830. The Morgan fingerprint density at radius 3 is 1.65 bits per heavy atom. The number of hydrogen-bond acceptors (Lipinski definition) is 10. The molecule has 0 aromatic carbocycles. The number of unbranched alkanes of at least 4 members (excludes halogenated alkanes) is 18. The summed E-state index contributed by atoms with van der Waals surface area (Å²) in [7, 11) is 0. The van der Waals surface area contributed by atoms with Gasteiger partial charge in [0.2, 0.25) is 5.91 Å². The molecule has 71 heavy (non-hydrogen) atoms. The van der Waals surface area contributed by atoms with Crippen molar-refractivity contribution in [1.29, 1.82) is 0 Å². The lowest BCUT2D eigenvalue weighted by atomic mass is 9.99. The van der Waals surface area contributed by atoms with Gasteiger partial charge in [-0.05, 0) is 77.0 Å². The number of hydrogen-bond donors (Lipinski definition) is 6. The van der Waals surface area contributed by atoms with Gasteiger partial charge < -0.3 is 45.1 Å². The molecule has 8 atom stereocenters. The molecule has 0 aromatic rings. The molecule has 0 saturated carbocycles. The Kier molecular flexibility index (Phi) is 43.6. The Labute approximate surface area is 430 Å². The number of rotatable bonds is 44. The van der Waals surface area contributed by atoms with E-state index in [0.29, 0.717) is 12.8 Å². The normalized spacial score (nSPS) is 20.5. The van der Waals surface area contributed by atoms with Gasteiger partial charge in [0.1, 0.15) is 24.4 Å². The fourth-order valence-corrected chi connectivity index (χ4v) is 7.86. The van der Waals surface area contributed by atoms with Crippen LogP contribution in [0.15, 0.2) is 109 Å². The highest BCUT2D eigenvalue weighted by Gasteiger charge is 2.47. The van der Waals surface area contributed by atoms with Gasteiger partial charge in [0.25, 0.3) is 0 Å². The summed E-state index contributed by atoms with van der Waals surface area (Å²) in [6.45, 7) is 5.52. The van der Waals surface area contributed by atoms with Crippen molar-refractivity contribution < 1.29 is 49.3 Å². The highest BCUT2D eigenvalue weighted by molar-refractivity contribution is 5.80. The molecule has 1 aliphatic heterocycles. The smallest absolute Gasteiger partial charge is 0.306 e. The van der Waals surface area contributed by atoms with Crippen LogP contribution in [0.1, 0.15) is 194 Å². The van der Waals surface area contributed by atoms with E-state index in [1.807, 2.05) is 60.8 Å². The zero-order valence-corrected chi connectivity index (χ0v) is 44.3. The summed E-state index contributed by atoms with van der Waals surface area (Å²) in [5.74, 6) is -1.31. The van der Waals surface area contributed by atoms with E-state index in [4.69, 9.17) is 14.2 Å². The molecule has 0 aliphatic carbocycles. The van der Waals surface area contributed by atoms with Crippen LogP contribution in [0.3, 0.4) is 0 Å². The third kappa shape index (κ3) is 36.0. The van der Waals surface area contributed by atoms with Crippen LogP contribution in [0.4, 0.5) is 0 Å². The number of nitrogens with one attached hydrogen (secondary N) is 1. The van der Waals surface area contributed by atoms with Crippen LogP contribution in [0, 0.1) is 0 Å². The summed E-state index contributed by atoms with van der Waals surface area (Å²) >= 11 is 0. The standard InChI is InChI=1S/C60H99NO10/c1-4-7-10-13-16-19-22-25-26-27-28-30-33-36-39-42-45-48-55(65)71-58-57(67)56(66)54(49-62)70-60(58)69-50-51(52(63)46-43-40-37-34-32-29-23-20-17-14-11-8-5-2)61-59(68)53(64)47-44-41-38-35-31-24-21-18-15-12-9-6-3/h9,12,15-16,18-19,21,24-26,28,30-31,35,38,41,43,46,51-54,56-58,60,62-64,66-67H,4-8,10-11,13-14,17,20,22-23,27,29,32-34,36-37,39-40,42,44-45,47-50H2,1-3H3,(H,61,68)/b12-9+,18-15+,19-16-,24-21-,26-25-,30-28-,35-31-,41-38+,46-43+. The predicted octanol–water partition coefficient (Wildman–Crippen LogP) is 12.2. The Morgan fingerprint density at radius 2 is 1.07 bits per heavy atom. The fraction of sp³-hybridized carbons (Fsp3) is 0.667. The lowest BCUT2D eigenvalue weighted by Gasteiger charge is -2.41. The second-order valence-electron chi connectivity index (χ2n) is 18.7. The molecule has 404 valence electrons. The Morgan fingerprint density at radius 1 is 0.577 bits per heavy atom. The summed E-state index contributed by atoms with van der Waals surface area (Å²) in [5, 5.41) is 56.6. The number of ether oxygens (including phenoxy) is 3. The first-order chi connectivity index (χ1) is 34.7. The van der Waals surface area contributed by atoms with Gasteiger partial charge in [-0.2, -0.15) is 0 Å². The van der Waals surface area contributed by atoms with Gasteiger partial charge in [0.05, 0.1) is 25.4 Å². The van der Waals surface area contributed by atoms with Crippen molar-refractivity contribution in [2.75, 3.05) is 13.2 Å². The second-order valence-corrected chi connectivity index (χ2v) is 18.7. The number of carbonyl (C=O) groups excluding carboxylic acids is 2. The van der Waals surface area contributed by atoms with Crippen molar-refractivity contribution in [2.45, 2.75) is 243 Å². The number of carbonyl (C=O) groups is 2. The summed E-state index contributed by atoms with van der Waals surface area (Å²) in [6, 6.07) is -1.07. The number of aliphatic hydroxyl groups excluding tert-OH is 5. The van der Waals surface area contributed by atoms with Crippen molar-refractivity contribution in [1.82, 2.24) is 5.32 Å². The SMILES string of the molecule is CC/C=C/C=C/C=C\C=C/C=C/CCC(O)C(=O)NC(COC1OC(CO)C(O)C(O)C1OC(=O)CCCCCC/C=C\C/C=C\C/C=C\CCCCC)C(O)/C=C/CCCCCCCCCCCCC. The Hall–Kier alpha value is -3.68. The lowest BCUT2D eigenvalue weighted by molar-refractivity contribution is -0.305. The summed E-state index contributed by atoms with van der Waals surface area (Å²) in [6.07, 6.45) is 52.9. The first-order valence-electron chi connectivity index (χ1n) is 27.7. The third-order valence-corrected chi connectivity index (χ3v) is 12.3. The van der Waals surface area contributed by atoms with Crippen LogP contribution in [0.2, 0.25) is 0 Å². The molecule has 1 heterocycles. The zero-order chi connectivity index (χ0) is 51.8. The van der Waals surface area contributed by atoms with Crippen molar-refractivity contribution >= 4 is 11.9 Å². The molecule has 1 fully saturated rings. The van der Waals surface area contributed by atoms with E-state index in [-0.39, 0.29) is 19.4 Å². The van der Waals surface area contributed by atoms with Gasteiger partial charge >= 0.3 is 5.97 Å². The van der Waals surface area contributed by atoms with Crippen molar-refractivity contribution in [3.63, 3.8) is 0 Å². The van der Waals surface area contributed by atoms with Crippen LogP contribution in [-0.2, 0) is 23.8 Å². The van der Waals surface area contributed by atoms with E-state index >= 15 is 0 Å². The average molecular weight is 994 g/mol. The molecular formula is C60H99NO10. The molecule has 0 aromatic heterocycles. The maximum atomic E-state index is 13.3. The molecular weight excluding hydrogens is 895 g/mol. The zero-order valence-electron chi connectivity index (χ0n) is 44.3. The molecule has 1 rings (SSSR count). The van der Waals surface area contributed by atoms with Gasteiger partial charge in [-0.25, -0.2) is 0 Å². The van der Waals surface area contributed by atoms with Crippen molar-refractivity contribution in [3.8, 4) is 0 Å². The molecule has 0 radical (unpaired) electrons. The molecule has 8 unspecified atom stereocenters. The van der Waals surface area contributed by atoms with E-state index in [2.05, 4.69) is 68.6 Å². The van der Waals surface area contributed by atoms with E-state index in [9.17, 15) is 35.1 Å². The monoisotopic (exact) mass is 994 g/mol. The molecule has 6 N–H and O–H groups in total. The van der Waals surface area contributed by atoms with Crippen LogP contribution < -0.4 is 5.32 Å². The quantitative estimate of drug-likeness (QED) is 0.0149. The molecule has 0 spiro atoms. The van der Waals surface area contributed by atoms with Gasteiger partial charge in [-0.1, -0.05) is 220 Å². The number of amides is 1. The lowest BCUT2D eigenvalue weighted by Crippen LogP contribution is -2.61. The minimum atomic E-state index is -1.64. The molecule has 0 bridgehead atoms. The van der Waals surface area contributed by atoms with E-state index in [0.717, 1.165) is 77.0 Å². The highest BCUT2D eigenvalue weighted by Crippen LogP contribution is 2.26. The first kappa shape index (κ1) is 65.3. The van der Waals surface area contributed by atoms with Crippen molar-refractivity contribution in [2.24, 2.45) is 0 Å². The predicted molar refractivity (Wildman–Crippen MR) is 291 cm³/mol. The summed E-state index contributed by atoms with van der Waals surface area (Å²) < 4.78 is 17.5. The Balaban J connectivity index is 2.82. The maximum absolute atomic E-state index is 13.3. The molecule has 1 aliphatic rings. The largest absolute Gasteiger partial charge is 0.454 e. The highest BCUT2D eigenvalue weighted by atomic mass is 16.7.